The van der Waals surface area contributed by atoms with Gasteiger partial charge in [0.2, 0.25) is 0 Å². The van der Waals surface area contributed by atoms with E-state index in [1.54, 1.807) is 21.3 Å². The summed E-state index contributed by atoms with van der Waals surface area (Å²) in [7, 11) is 4.78. The van der Waals surface area contributed by atoms with E-state index < -0.39 is 78.1 Å². The van der Waals surface area contributed by atoms with Crippen LogP contribution in [0.4, 0.5) is 8.78 Å². The summed E-state index contributed by atoms with van der Waals surface area (Å²) < 4.78 is 83.1. The Morgan fingerprint density at radius 1 is 0.918 bits per heavy atom. The minimum absolute atomic E-state index is 0.0683. The van der Waals surface area contributed by atoms with Gasteiger partial charge in [0, 0.05) is 33.3 Å². The molecule has 4 heterocycles. The van der Waals surface area contributed by atoms with Crippen molar-refractivity contribution in [1.29, 1.82) is 0 Å². The lowest BCUT2D eigenvalue weighted by Gasteiger charge is -2.56. The number of amides is 1. The van der Waals surface area contributed by atoms with E-state index in [-0.39, 0.29) is 68.3 Å². The van der Waals surface area contributed by atoms with Gasteiger partial charge in [-0.1, -0.05) is 0 Å². The number of fused-ring (bicyclic) bond motifs is 4. The van der Waals surface area contributed by atoms with E-state index in [4.69, 9.17) is 42.6 Å². The quantitative estimate of drug-likeness (QED) is 0.244. The third-order valence-electron chi connectivity index (χ3n) is 12.4. The van der Waals surface area contributed by atoms with Gasteiger partial charge in [-0.05, 0) is 56.3 Å². The molecule has 1 amide bonds. The van der Waals surface area contributed by atoms with E-state index in [0.29, 0.717) is 25.7 Å². The number of ether oxygens (including phenoxy) is 9. The predicted octanol–water partition coefficient (Wildman–Crippen LogP) is -0.681. The summed E-state index contributed by atoms with van der Waals surface area (Å²) in [5.41, 5.74) is 0. The van der Waals surface area contributed by atoms with Crippen LogP contribution in [-0.4, -0.2) is 148 Å². The smallest absolute Gasteiger partial charge is 0.379 e. The van der Waals surface area contributed by atoms with Crippen molar-refractivity contribution in [1.82, 2.24) is 5.32 Å². The molecule has 16 atom stereocenters. The lowest BCUT2D eigenvalue weighted by atomic mass is 9.51. The Labute approximate surface area is 282 Å². The second kappa shape index (κ2) is 13.4. The Morgan fingerprint density at radius 2 is 1.57 bits per heavy atom. The number of nitrogens with one attached hydrogen (secondary N) is 1. The first-order valence-corrected chi connectivity index (χ1v) is 17.0. The molecule has 278 valence electrons. The number of cyclic esters (lactones) is 1. The number of alkyl halides is 2. The first-order chi connectivity index (χ1) is 23.3. The minimum Gasteiger partial charge on any atom is -0.465 e. The van der Waals surface area contributed by atoms with Crippen LogP contribution in [0.2, 0.25) is 0 Å². The summed E-state index contributed by atoms with van der Waals surface area (Å²) >= 11 is 0. The Bertz CT molecular complexity index is 1230. The fourth-order valence-corrected chi connectivity index (χ4v) is 10.1. The molecular weight excluding hydrogens is 660 g/mol. The van der Waals surface area contributed by atoms with Gasteiger partial charge < -0.3 is 63.3 Å². The molecule has 17 heteroatoms. The van der Waals surface area contributed by atoms with Gasteiger partial charge in [0.05, 0.1) is 43.5 Å². The number of methoxy groups -OCH3 is 3. The largest absolute Gasteiger partial charge is 0.465 e. The van der Waals surface area contributed by atoms with E-state index >= 15 is 8.78 Å². The van der Waals surface area contributed by atoms with E-state index in [1.807, 2.05) is 0 Å². The lowest BCUT2D eigenvalue weighted by molar-refractivity contribution is -0.425. The molecule has 4 saturated heterocycles. The molecule has 0 bridgehead atoms. The van der Waals surface area contributed by atoms with E-state index in [2.05, 4.69) is 5.32 Å². The molecule has 49 heavy (non-hydrogen) atoms. The number of rotatable bonds is 7. The highest BCUT2D eigenvalue weighted by Gasteiger charge is 2.71. The zero-order valence-electron chi connectivity index (χ0n) is 27.9. The zero-order valence-corrected chi connectivity index (χ0v) is 27.9. The van der Waals surface area contributed by atoms with Crippen LogP contribution in [0.25, 0.3) is 0 Å². The van der Waals surface area contributed by atoms with Crippen LogP contribution in [0.3, 0.4) is 0 Å². The van der Waals surface area contributed by atoms with Gasteiger partial charge in [-0.2, -0.15) is 8.78 Å². The summed E-state index contributed by atoms with van der Waals surface area (Å²) in [5, 5.41) is 35.1. The summed E-state index contributed by atoms with van der Waals surface area (Å²) in [4.78, 5) is 27.3. The van der Waals surface area contributed by atoms with Gasteiger partial charge in [-0.25, -0.2) is 0 Å². The molecule has 7 rings (SSSR count). The zero-order chi connectivity index (χ0) is 35.0. The Balaban J connectivity index is 1.19. The van der Waals surface area contributed by atoms with Gasteiger partial charge in [0.25, 0.3) is 11.7 Å². The van der Waals surface area contributed by atoms with Crippen LogP contribution in [0.15, 0.2) is 0 Å². The molecule has 7 fully saturated rings. The van der Waals surface area contributed by atoms with Crippen molar-refractivity contribution in [2.45, 2.75) is 112 Å². The molecule has 3 saturated carbocycles. The van der Waals surface area contributed by atoms with Crippen molar-refractivity contribution < 1.29 is 76.3 Å². The van der Waals surface area contributed by atoms with Crippen LogP contribution < -0.4 is 5.32 Å². The van der Waals surface area contributed by atoms with Gasteiger partial charge in [0.1, 0.15) is 37.3 Å². The van der Waals surface area contributed by atoms with Crippen molar-refractivity contribution in [3.63, 3.8) is 0 Å². The van der Waals surface area contributed by atoms with Crippen LogP contribution in [-0.2, 0) is 52.2 Å². The standard InChI is InChI=1S/C32H47F2NO14/c1-12-44-10-21-27(48-12)25(36)28(37)32(40,49-21)31(33,34)30(39)35-24-15-8-18-17(46-11-47-18)7-14(15)22(23-16(24)9-45-29(23)38)13-5-19(41-2)26(43-4)20(6-13)42-3/h12-28,36-37,40H,5-11H2,1-4H3,(H,35,39)/t12?,13?,14?,15?,16-,17?,18?,19?,20?,21+,22+,23-,24+,25-,26?,27-,28+,32+/m0/s1. The minimum atomic E-state index is -4.77. The number of aliphatic hydroxyl groups is 3. The highest BCUT2D eigenvalue weighted by Crippen LogP contribution is 2.57. The van der Waals surface area contributed by atoms with E-state index in [9.17, 15) is 24.9 Å². The highest BCUT2D eigenvalue weighted by molar-refractivity contribution is 5.85. The number of hydrogen-bond donors (Lipinski definition) is 4. The highest BCUT2D eigenvalue weighted by atomic mass is 19.3. The number of hydrogen-bond acceptors (Lipinski definition) is 14. The van der Waals surface area contributed by atoms with Gasteiger partial charge in [-0.3, -0.25) is 9.59 Å². The average molecular weight is 708 g/mol. The van der Waals surface area contributed by atoms with Crippen LogP contribution in [0.1, 0.15) is 32.6 Å². The van der Waals surface area contributed by atoms with E-state index in [0.717, 1.165) is 0 Å². The van der Waals surface area contributed by atoms with Crippen molar-refractivity contribution in [3.8, 4) is 0 Å². The van der Waals surface area contributed by atoms with Crippen LogP contribution in [0, 0.1) is 35.5 Å². The van der Waals surface area contributed by atoms with Crippen LogP contribution >= 0.6 is 0 Å². The second-order valence-corrected chi connectivity index (χ2v) is 14.6. The summed E-state index contributed by atoms with van der Waals surface area (Å²) in [6.45, 7) is 1.13. The van der Waals surface area contributed by atoms with Crippen molar-refractivity contribution in [2.24, 2.45) is 35.5 Å². The first kappa shape index (κ1) is 35.7. The fourth-order valence-electron chi connectivity index (χ4n) is 10.1. The molecule has 4 aliphatic heterocycles. The topological polar surface area (TPSA) is 190 Å². The van der Waals surface area contributed by atoms with Crippen molar-refractivity contribution in [3.05, 3.63) is 0 Å². The van der Waals surface area contributed by atoms with Crippen molar-refractivity contribution >= 4 is 11.9 Å². The normalized spacial score (nSPS) is 51.2. The molecule has 4 N–H and O–H groups in total. The summed E-state index contributed by atoms with van der Waals surface area (Å²) in [6, 6.07) is -1.00. The molecule has 0 spiro atoms. The summed E-state index contributed by atoms with van der Waals surface area (Å²) in [6.07, 6.45) is -7.86. The van der Waals surface area contributed by atoms with Gasteiger partial charge >= 0.3 is 11.9 Å². The Hall–Kier alpha value is -1.64. The Morgan fingerprint density at radius 3 is 2.20 bits per heavy atom. The number of carbonyl (C=O) groups excluding carboxylic acids is 2. The molecule has 7 aliphatic rings. The molecule has 0 radical (unpaired) electrons. The second-order valence-electron chi connectivity index (χ2n) is 14.6. The van der Waals surface area contributed by atoms with Gasteiger partial charge in [0.15, 0.2) is 6.29 Å². The molecule has 0 aromatic heterocycles. The Kier molecular flexibility index (Phi) is 9.78. The molecule has 0 aromatic rings. The van der Waals surface area contributed by atoms with E-state index in [1.165, 1.54) is 6.92 Å². The lowest BCUT2D eigenvalue weighted by Crippen LogP contribution is -2.76. The number of esters is 1. The molecule has 3 aliphatic carbocycles. The molecular formula is C32H47F2NO14. The van der Waals surface area contributed by atoms with Crippen molar-refractivity contribution in [2.75, 3.05) is 41.3 Å². The third-order valence-corrected chi connectivity index (χ3v) is 12.4. The maximum absolute atomic E-state index is 16.2. The number of aliphatic hydroxyl groups excluding tert-OH is 2. The SMILES string of the molecule is COC1CC([C@@H]2C3CC4OCOC4CC3[C@@H](NC(=O)C(F)(F)[C@]3(O)O[C@@H]4COC(C)O[C@@H]4[C@H](O)[C@H]3O)[C@H]3COC(=O)[C@H]23)CC(OC)C1OC. The number of halogens is 2. The first-order valence-electron chi connectivity index (χ1n) is 17.0. The monoisotopic (exact) mass is 707 g/mol. The molecule has 7 unspecified atom stereocenters. The predicted molar refractivity (Wildman–Crippen MR) is 156 cm³/mol. The molecule has 15 nitrogen and oxygen atoms in total. The fraction of sp³-hybridized carbons (Fsp3) is 0.938. The maximum atomic E-state index is 16.2. The number of carbonyl (C=O) groups is 2. The van der Waals surface area contributed by atoms with Gasteiger partial charge in [-0.15, -0.1) is 0 Å². The van der Waals surface area contributed by atoms with Crippen LogP contribution in [0.5, 0.6) is 0 Å². The third kappa shape index (κ3) is 5.71. The maximum Gasteiger partial charge on any atom is 0.379 e. The average Bonchev–Trinajstić information content (AvgIpc) is 3.72. The summed E-state index contributed by atoms with van der Waals surface area (Å²) in [5.74, 6) is -13.6. The molecule has 0 aromatic carbocycles.